The number of fused-ring (bicyclic) bond motifs is 2. The van der Waals surface area contributed by atoms with Gasteiger partial charge in [-0.25, -0.2) is 0 Å². The number of nitrogens with zero attached hydrogens (tertiary/aromatic N) is 2. The molecule has 0 spiro atoms. The van der Waals surface area contributed by atoms with Crippen molar-refractivity contribution in [2.45, 2.75) is 17.7 Å². The summed E-state index contributed by atoms with van der Waals surface area (Å²) in [7, 11) is -3.70. The van der Waals surface area contributed by atoms with E-state index in [4.69, 9.17) is 9.47 Å². The predicted molar refractivity (Wildman–Crippen MR) is 93.5 cm³/mol. The van der Waals surface area contributed by atoms with Crippen molar-refractivity contribution in [1.82, 2.24) is 4.57 Å². The fourth-order valence-corrected chi connectivity index (χ4v) is 5.82. The summed E-state index contributed by atoms with van der Waals surface area (Å²) >= 11 is 2.50. The Morgan fingerprint density at radius 1 is 1.25 bits per heavy atom. The van der Waals surface area contributed by atoms with Crippen LogP contribution in [0.3, 0.4) is 0 Å². The second-order valence-corrected chi connectivity index (χ2v) is 8.88. The summed E-state index contributed by atoms with van der Waals surface area (Å²) in [5.74, 6) is 1.37. The lowest BCUT2D eigenvalue weighted by Gasteiger charge is -2.18. The zero-order chi connectivity index (χ0) is 16.7. The lowest BCUT2D eigenvalue weighted by molar-refractivity contribution is 0.172. The van der Waals surface area contributed by atoms with Gasteiger partial charge in [-0.15, -0.1) is 15.7 Å². The maximum Gasteiger partial charge on any atom is 0.294 e. The van der Waals surface area contributed by atoms with Gasteiger partial charge in [0.2, 0.25) is 4.80 Å². The molecule has 0 fully saturated rings. The fourth-order valence-electron chi connectivity index (χ4n) is 2.54. The minimum atomic E-state index is -3.70. The smallest absolute Gasteiger partial charge is 0.294 e. The summed E-state index contributed by atoms with van der Waals surface area (Å²) in [5.41, 5.74) is 0.895. The highest BCUT2D eigenvalue weighted by Crippen LogP contribution is 2.35. The summed E-state index contributed by atoms with van der Waals surface area (Å²) in [5, 5.41) is 1.73. The Morgan fingerprint density at radius 3 is 2.67 bits per heavy atom. The molecule has 2 aromatic heterocycles. The molecule has 126 valence electrons. The molecule has 6 nitrogen and oxygen atoms in total. The van der Waals surface area contributed by atoms with Crippen LogP contribution in [0.2, 0.25) is 0 Å². The number of rotatable bonds is 3. The maximum absolute atomic E-state index is 12.5. The van der Waals surface area contributed by atoms with E-state index in [1.54, 1.807) is 17.5 Å². The first-order valence-electron chi connectivity index (χ1n) is 7.36. The molecule has 0 N–H and O–H groups in total. The average molecular weight is 382 g/mol. The highest BCUT2D eigenvalue weighted by atomic mass is 32.2. The van der Waals surface area contributed by atoms with Gasteiger partial charge in [0.05, 0.1) is 10.2 Å². The standard InChI is InChI=1S/C15H14N2O4S3/c1-2-17-10-8-11-12(21-6-5-20-11)9-13(10)23-15(17)16-24(18,19)14-4-3-7-22-14/h3-4,7-9H,2,5-6H2,1H3/b16-15-. The van der Waals surface area contributed by atoms with Crippen LogP contribution in [0, 0.1) is 0 Å². The predicted octanol–water partition coefficient (Wildman–Crippen LogP) is 2.85. The average Bonchev–Trinajstić information content (AvgIpc) is 3.20. The van der Waals surface area contributed by atoms with E-state index < -0.39 is 10.0 Å². The summed E-state index contributed by atoms with van der Waals surface area (Å²) in [6.07, 6.45) is 0. The summed E-state index contributed by atoms with van der Waals surface area (Å²) in [6.45, 7) is 3.60. The van der Waals surface area contributed by atoms with E-state index in [1.165, 1.54) is 11.3 Å². The molecule has 0 atom stereocenters. The molecule has 0 amide bonds. The lowest BCUT2D eigenvalue weighted by Crippen LogP contribution is -2.17. The maximum atomic E-state index is 12.5. The molecular weight excluding hydrogens is 368 g/mol. The SMILES string of the molecule is CCn1/c(=N/S(=O)(=O)c2cccs2)sc2cc3c(cc21)OCCO3. The molecule has 0 aliphatic carbocycles. The van der Waals surface area contributed by atoms with Crippen molar-refractivity contribution in [3.05, 3.63) is 34.4 Å². The Hall–Kier alpha value is -1.84. The van der Waals surface area contributed by atoms with Crippen molar-refractivity contribution >= 4 is 42.9 Å². The van der Waals surface area contributed by atoms with E-state index in [1.807, 2.05) is 23.6 Å². The van der Waals surface area contributed by atoms with Crippen molar-refractivity contribution in [3.63, 3.8) is 0 Å². The molecule has 0 unspecified atom stereocenters. The van der Waals surface area contributed by atoms with Crippen molar-refractivity contribution in [2.24, 2.45) is 4.40 Å². The molecular formula is C15H14N2O4S3. The van der Waals surface area contributed by atoms with Gasteiger partial charge in [0.15, 0.2) is 11.5 Å². The van der Waals surface area contributed by atoms with Gasteiger partial charge in [-0.05, 0) is 18.4 Å². The summed E-state index contributed by atoms with van der Waals surface area (Å²) < 4.78 is 43.2. The molecule has 0 saturated heterocycles. The number of sulfonamides is 1. The minimum absolute atomic E-state index is 0.244. The highest BCUT2D eigenvalue weighted by Gasteiger charge is 2.18. The zero-order valence-electron chi connectivity index (χ0n) is 12.8. The van der Waals surface area contributed by atoms with Gasteiger partial charge >= 0.3 is 0 Å². The van der Waals surface area contributed by atoms with Crippen molar-refractivity contribution < 1.29 is 17.9 Å². The van der Waals surface area contributed by atoms with Crippen LogP contribution in [-0.4, -0.2) is 26.2 Å². The van der Waals surface area contributed by atoms with Gasteiger partial charge in [-0.1, -0.05) is 17.4 Å². The van der Waals surface area contributed by atoms with Crippen LogP contribution < -0.4 is 14.3 Å². The quantitative estimate of drug-likeness (QED) is 0.698. The van der Waals surface area contributed by atoms with Crippen LogP contribution in [0.4, 0.5) is 0 Å². The van der Waals surface area contributed by atoms with Gasteiger partial charge in [0.1, 0.15) is 17.4 Å². The number of thiazole rings is 1. The van der Waals surface area contributed by atoms with Crippen LogP contribution >= 0.6 is 22.7 Å². The number of ether oxygens (including phenoxy) is 2. The molecule has 9 heteroatoms. The number of aryl methyl sites for hydroxylation is 1. The van der Waals surface area contributed by atoms with Gasteiger partial charge in [0.25, 0.3) is 10.0 Å². The monoisotopic (exact) mass is 382 g/mol. The van der Waals surface area contributed by atoms with Crippen LogP contribution in [0.25, 0.3) is 10.2 Å². The van der Waals surface area contributed by atoms with Crippen molar-refractivity contribution in [1.29, 1.82) is 0 Å². The van der Waals surface area contributed by atoms with E-state index in [0.717, 1.165) is 21.6 Å². The van der Waals surface area contributed by atoms with E-state index in [2.05, 4.69) is 4.40 Å². The second-order valence-electron chi connectivity index (χ2n) is 5.09. The van der Waals surface area contributed by atoms with E-state index in [-0.39, 0.29) is 4.21 Å². The molecule has 24 heavy (non-hydrogen) atoms. The van der Waals surface area contributed by atoms with Gasteiger partial charge in [0, 0.05) is 18.7 Å². The van der Waals surface area contributed by atoms with E-state index >= 15 is 0 Å². The van der Waals surface area contributed by atoms with E-state index in [0.29, 0.717) is 36.1 Å². The first-order valence-corrected chi connectivity index (χ1v) is 10.5. The number of thiophene rings is 1. The number of aromatic nitrogens is 1. The molecule has 1 aromatic carbocycles. The van der Waals surface area contributed by atoms with Crippen LogP contribution in [0.5, 0.6) is 11.5 Å². The molecule has 0 bridgehead atoms. The normalized spacial score (nSPS) is 15.1. The van der Waals surface area contributed by atoms with Gasteiger partial charge in [-0.2, -0.15) is 8.42 Å². The van der Waals surface area contributed by atoms with E-state index in [9.17, 15) is 8.42 Å². The first kappa shape index (κ1) is 15.7. The minimum Gasteiger partial charge on any atom is -0.486 e. The third-order valence-electron chi connectivity index (χ3n) is 3.61. The van der Waals surface area contributed by atoms with Crippen LogP contribution in [0.1, 0.15) is 6.92 Å². The summed E-state index contributed by atoms with van der Waals surface area (Å²) in [4.78, 5) is 0.447. The molecule has 0 saturated carbocycles. The Morgan fingerprint density at radius 2 is 2.00 bits per heavy atom. The molecule has 1 aliphatic heterocycles. The second kappa shape index (κ2) is 5.91. The summed E-state index contributed by atoms with van der Waals surface area (Å²) in [6, 6.07) is 7.04. The molecule has 1 aliphatic rings. The molecule has 3 heterocycles. The lowest BCUT2D eigenvalue weighted by atomic mass is 10.2. The molecule has 0 radical (unpaired) electrons. The van der Waals surface area contributed by atoms with Crippen molar-refractivity contribution in [3.8, 4) is 11.5 Å². The van der Waals surface area contributed by atoms with Crippen LogP contribution in [-0.2, 0) is 16.6 Å². The topological polar surface area (TPSA) is 69.9 Å². The Kier molecular flexibility index (Phi) is 3.86. The molecule has 3 aromatic rings. The Labute approximate surface area is 146 Å². The van der Waals surface area contributed by atoms with Gasteiger partial charge in [-0.3, -0.25) is 0 Å². The Balaban J connectivity index is 1.94. The van der Waals surface area contributed by atoms with Crippen molar-refractivity contribution in [2.75, 3.05) is 13.2 Å². The van der Waals surface area contributed by atoms with Gasteiger partial charge < -0.3 is 14.0 Å². The van der Waals surface area contributed by atoms with Crippen LogP contribution in [0.15, 0.2) is 38.3 Å². The number of hydrogen-bond acceptors (Lipinski definition) is 6. The number of benzene rings is 1. The zero-order valence-corrected chi connectivity index (χ0v) is 15.2. The number of hydrogen-bond donors (Lipinski definition) is 0. The highest BCUT2D eigenvalue weighted by molar-refractivity contribution is 7.92. The Bertz CT molecular complexity index is 1060. The largest absolute Gasteiger partial charge is 0.486 e. The third kappa shape index (κ3) is 2.62. The molecule has 4 rings (SSSR count). The third-order valence-corrected chi connectivity index (χ3v) is 7.41. The first-order chi connectivity index (χ1) is 11.6. The fraction of sp³-hybridized carbons (Fsp3) is 0.267.